The number of halogens is 3. The van der Waals surface area contributed by atoms with Crippen LogP contribution in [0.2, 0.25) is 0 Å². The number of thiazole rings is 1. The lowest BCUT2D eigenvalue weighted by Crippen LogP contribution is -2.47. The Kier molecular flexibility index (Phi) is 4.50. The molecule has 3 nitrogen and oxygen atoms in total. The van der Waals surface area contributed by atoms with Gasteiger partial charge in [-0.25, -0.2) is 18.2 Å². The van der Waals surface area contributed by atoms with Crippen LogP contribution < -0.4 is 5.73 Å². The highest BCUT2D eigenvalue weighted by molar-refractivity contribution is 7.11. The van der Waals surface area contributed by atoms with Gasteiger partial charge in [-0.3, -0.25) is 4.90 Å². The van der Waals surface area contributed by atoms with Crippen molar-refractivity contribution in [3.05, 3.63) is 39.1 Å². The highest BCUT2D eigenvalue weighted by Crippen LogP contribution is 2.43. The van der Waals surface area contributed by atoms with E-state index in [0.29, 0.717) is 12.1 Å². The lowest BCUT2D eigenvalue weighted by Gasteiger charge is -2.41. The molecule has 2 heterocycles. The van der Waals surface area contributed by atoms with E-state index in [1.54, 1.807) is 11.3 Å². The summed E-state index contributed by atoms with van der Waals surface area (Å²) in [4.78, 5) is 8.31. The van der Waals surface area contributed by atoms with Gasteiger partial charge in [0.15, 0.2) is 5.83 Å². The highest BCUT2D eigenvalue weighted by atomic mass is 32.1. The molecule has 1 saturated carbocycles. The Labute approximate surface area is 149 Å². The molecule has 3 aliphatic rings. The number of allylic oxidation sites excluding steroid dienone is 4. The zero-order valence-electron chi connectivity index (χ0n) is 14.1. The number of hydrogen-bond donors (Lipinski definition) is 1. The van der Waals surface area contributed by atoms with E-state index in [1.807, 2.05) is 6.92 Å². The Morgan fingerprint density at radius 3 is 2.76 bits per heavy atom. The third-order valence-electron chi connectivity index (χ3n) is 5.82. The molecule has 7 heteroatoms. The number of aromatic nitrogens is 1. The van der Waals surface area contributed by atoms with Crippen LogP contribution in [0, 0.1) is 18.8 Å². The van der Waals surface area contributed by atoms with E-state index in [2.05, 4.69) is 9.88 Å². The number of nitrogens with two attached hydrogens (primary N) is 1. The maximum atomic E-state index is 14.2. The Morgan fingerprint density at radius 2 is 2.04 bits per heavy atom. The van der Waals surface area contributed by atoms with E-state index >= 15 is 0 Å². The minimum atomic E-state index is -1.08. The molecule has 2 aliphatic carbocycles. The van der Waals surface area contributed by atoms with Gasteiger partial charge in [-0.05, 0) is 32.1 Å². The zero-order chi connectivity index (χ0) is 17.7. The summed E-state index contributed by atoms with van der Waals surface area (Å²) in [6, 6.07) is 0.144. The predicted octanol–water partition coefficient (Wildman–Crippen LogP) is 4.29. The normalized spacial score (nSPS) is 33.6. The monoisotopic (exact) mass is 369 g/mol. The molecule has 2 unspecified atom stereocenters. The van der Waals surface area contributed by atoms with E-state index < -0.39 is 23.4 Å². The third kappa shape index (κ3) is 3.17. The molecule has 136 valence electrons. The SMILES string of the molecule is Cc1nc2c(s1)CN([C@H]1CC[C@H](C3CC(F)=C(F)C=C3F)C(N)C1)C2. The van der Waals surface area contributed by atoms with Gasteiger partial charge in [-0.15, -0.1) is 11.3 Å². The molecule has 1 aromatic rings. The standard InChI is InChI=1S/C18H22F3N3S/c1-9-23-17-7-24(8-18(17)25-9)10-2-3-11(16(22)4-10)12-5-14(20)15(21)6-13(12)19/h6,10-12,16H,2-5,7-8,22H2,1H3/t10-,11+,12?,16?/m0/s1. The van der Waals surface area contributed by atoms with Gasteiger partial charge >= 0.3 is 0 Å². The van der Waals surface area contributed by atoms with E-state index in [4.69, 9.17) is 5.73 Å². The van der Waals surface area contributed by atoms with Crippen molar-refractivity contribution in [2.45, 2.75) is 57.8 Å². The molecule has 1 fully saturated rings. The van der Waals surface area contributed by atoms with Crippen molar-refractivity contribution in [1.29, 1.82) is 0 Å². The van der Waals surface area contributed by atoms with Gasteiger partial charge in [0.05, 0.1) is 10.7 Å². The number of aryl methyl sites for hydroxylation is 1. The fourth-order valence-corrected chi connectivity index (χ4v) is 5.51. The molecule has 0 bridgehead atoms. The molecule has 2 N–H and O–H groups in total. The van der Waals surface area contributed by atoms with Gasteiger partial charge in [0.25, 0.3) is 0 Å². The minimum absolute atomic E-state index is 0.136. The molecule has 0 amide bonds. The molecule has 1 aliphatic heterocycles. The fourth-order valence-electron chi connectivity index (χ4n) is 4.54. The van der Waals surface area contributed by atoms with Crippen molar-refractivity contribution in [2.75, 3.05) is 0 Å². The van der Waals surface area contributed by atoms with Crippen molar-refractivity contribution in [3.63, 3.8) is 0 Å². The van der Waals surface area contributed by atoms with E-state index in [9.17, 15) is 13.2 Å². The molecule has 0 saturated heterocycles. The predicted molar refractivity (Wildman–Crippen MR) is 91.7 cm³/mol. The Hall–Kier alpha value is -1.18. The largest absolute Gasteiger partial charge is 0.327 e. The molecular formula is C18H22F3N3S. The van der Waals surface area contributed by atoms with Gasteiger partial charge in [-0.2, -0.15) is 0 Å². The second-order valence-corrected chi connectivity index (χ2v) is 8.68. The van der Waals surface area contributed by atoms with Crippen LogP contribution in [0.1, 0.15) is 41.3 Å². The van der Waals surface area contributed by atoms with Crippen LogP contribution in [0.5, 0.6) is 0 Å². The summed E-state index contributed by atoms with van der Waals surface area (Å²) in [6.07, 6.45) is 2.89. The minimum Gasteiger partial charge on any atom is -0.327 e. The summed E-state index contributed by atoms with van der Waals surface area (Å²) in [7, 11) is 0. The quantitative estimate of drug-likeness (QED) is 0.846. The molecule has 0 spiro atoms. The highest BCUT2D eigenvalue weighted by Gasteiger charge is 2.40. The number of rotatable bonds is 2. The van der Waals surface area contributed by atoms with Gasteiger partial charge in [0.2, 0.25) is 0 Å². The van der Waals surface area contributed by atoms with E-state index in [0.717, 1.165) is 37.4 Å². The van der Waals surface area contributed by atoms with Crippen LogP contribution in [0.15, 0.2) is 23.6 Å². The van der Waals surface area contributed by atoms with Gasteiger partial charge < -0.3 is 5.73 Å². The summed E-state index contributed by atoms with van der Waals surface area (Å²) in [5.41, 5.74) is 7.52. The first-order chi connectivity index (χ1) is 11.9. The summed E-state index contributed by atoms with van der Waals surface area (Å²) in [5.74, 6) is -3.27. The average molecular weight is 369 g/mol. The summed E-state index contributed by atoms with van der Waals surface area (Å²) in [6.45, 7) is 3.78. The molecule has 4 atom stereocenters. The molecule has 4 rings (SSSR count). The second kappa shape index (κ2) is 6.52. The number of hydrogen-bond acceptors (Lipinski definition) is 4. The van der Waals surface area contributed by atoms with Crippen LogP contribution in [-0.2, 0) is 13.1 Å². The van der Waals surface area contributed by atoms with Crippen molar-refractivity contribution < 1.29 is 13.2 Å². The summed E-state index contributed by atoms with van der Waals surface area (Å²) < 4.78 is 40.9. The van der Waals surface area contributed by atoms with Crippen LogP contribution in [0.4, 0.5) is 13.2 Å². The van der Waals surface area contributed by atoms with Gasteiger partial charge in [0, 0.05) is 48.5 Å². The maximum Gasteiger partial charge on any atom is 0.157 e. The van der Waals surface area contributed by atoms with E-state index in [-0.39, 0.29) is 18.4 Å². The summed E-state index contributed by atoms with van der Waals surface area (Å²) in [5, 5.41) is 1.10. The van der Waals surface area contributed by atoms with Gasteiger partial charge in [-0.1, -0.05) is 0 Å². The van der Waals surface area contributed by atoms with Crippen LogP contribution in [0.3, 0.4) is 0 Å². The topological polar surface area (TPSA) is 42.2 Å². The first kappa shape index (κ1) is 17.2. The lowest BCUT2D eigenvalue weighted by molar-refractivity contribution is 0.0992. The van der Waals surface area contributed by atoms with Crippen molar-refractivity contribution in [3.8, 4) is 0 Å². The van der Waals surface area contributed by atoms with Crippen molar-refractivity contribution >= 4 is 11.3 Å². The molecule has 25 heavy (non-hydrogen) atoms. The summed E-state index contributed by atoms with van der Waals surface area (Å²) >= 11 is 1.75. The number of nitrogens with zero attached hydrogens (tertiary/aromatic N) is 2. The second-order valence-electron chi connectivity index (χ2n) is 7.39. The van der Waals surface area contributed by atoms with Crippen LogP contribution in [0.25, 0.3) is 0 Å². The fraction of sp³-hybridized carbons (Fsp3) is 0.611. The maximum absolute atomic E-state index is 14.2. The van der Waals surface area contributed by atoms with Crippen LogP contribution in [-0.4, -0.2) is 22.0 Å². The molecule has 0 aromatic carbocycles. The van der Waals surface area contributed by atoms with Crippen LogP contribution >= 0.6 is 11.3 Å². The third-order valence-corrected chi connectivity index (χ3v) is 6.82. The van der Waals surface area contributed by atoms with E-state index in [1.165, 1.54) is 10.6 Å². The molecule has 0 radical (unpaired) electrons. The molecular weight excluding hydrogens is 347 g/mol. The van der Waals surface area contributed by atoms with Gasteiger partial charge in [0.1, 0.15) is 11.7 Å². The Morgan fingerprint density at radius 1 is 1.24 bits per heavy atom. The lowest BCUT2D eigenvalue weighted by atomic mass is 9.72. The molecule has 1 aromatic heterocycles. The van der Waals surface area contributed by atoms with Crippen molar-refractivity contribution in [2.24, 2.45) is 17.6 Å². The Balaban J connectivity index is 1.40. The first-order valence-electron chi connectivity index (χ1n) is 8.78. The first-order valence-corrected chi connectivity index (χ1v) is 9.60. The Bertz CT molecular complexity index is 718. The number of fused-ring (bicyclic) bond motifs is 1. The zero-order valence-corrected chi connectivity index (χ0v) is 15.0. The van der Waals surface area contributed by atoms with Crippen molar-refractivity contribution in [1.82, 2.24) is 9.88 Å². The average Bonchev–Trinajstić information content (AvgIpc) is 3.08. The smallest absolute Gasteiger partial charge is 0.157 e.